The molecule has 1 aliphatic rings. The maximum Gasteiger partial charge on any atom is 0.411 e. The molecule has 0 heterocycles. The molecule has 1 aliphatic carbocycles. The molecule has 4 N–H and O–H groups in total. The molecule has 4 rings (SSSR count). The van der Waals surface area contributed by atoms with Crippen molar-refractivity contribution < 1.29 is 29.3 Å². The van der Waals surface area contributed by atoms with E-state index >= 15 is 0 Å². The summed E-state index contributed by atoms with van der Waals surface area (Å²) in [7, 11) is 0. The molecule has 3 aromatic carbocycles. The molecule has 8 nitrogen and oxygen atoms in total. The minimum atomic E-state index is -2.09. The fourth-order valence-electron chi connectivity index (χ4n) is 3.92. The van der Waals surface area contributed by atoms with Crippen LogP contribution in [0.15, 0.2) is 72.8 Å². The van der Waals surface area contributed by atoms with Crippen LogP contribution in [0.1, 0.15) is 34.3 Å². The molecule has 0 aliphatic heterocycles. The Hall–Kier alpha value is -4.17. The van der Waals surface area contributed by atoms with E-state index < -0.39 is 30.1 Å². The molecule has 3 aromatic rings. The number of amides is 2. The Morgan fingerprint density at radius 2 is 1.56 bits per heavy atom. The average Bonchev–Trinajstić information content (AvgIpc) is 3.15. The Morgan fingerprint density at radius 3 is 2.18 bits per heavy atom. The summed E-state index contributed by atoms with van der Waals surface area (Å²) < 4.78 is 5.51. The monoisotopic (exact) mass is 460 g/mol. The van der Waals surface area contributed by atoms with Crippen LogP contribution in [0, 0.1) is 0 Å². The highest BCUT2D eigenvalue weighted by Crippen LogP contribution is 2.44. The standard InChI is InChI=1S/C26H24N2O6/c1-26(33,24(30)31)15-27-23(29)16-7-6-8-17(13-16)28-25(32)34-14-22-20-11-4-2-9-18(20)19-10-3-5-12-21(19)22/h2-13,22,33H,14-15H2,1H3,(H,27,29)(H,28,32)(H,30,31). The van der Waals surface area contributed by atoms with Gasteiger partial charge in [-0.15, -0.1) is 0 Å². The molecule has 0 saturated heterocycles. The minimum Gasteiger partial charge on any atom is -0.479 e. The molecule has 0 radical (unpaired) electrons. The van der Waals surface area contributed by atoms with E-state index in [1.54, 1.807) is 12.1 Å². The van der Waals surface area contributed by atoms with Crippen LogP contribution in [0.4, 0.5) is 10.5 Å². The first-order valence-electron chi connectivity index (χ1n) is 10.7. The van der Waals surface area contributed by atoms with E-state index in [-0.39, 0.29) is 18.1 Å². The zero-order valence-electron chi connectivity index (χ0n) is 18.4. The van der Waals surface area contributed by atoms with Gasteiger partial charge in [0.1, 0.15) is 6.61 Å². The Labute approximate surface area is 196 Å². The predicted octanol–water partition coefficient (Wildman–Crippen LogP) is 3.61. The largest absolute Gasteiger partial charge is 0.479 e. The Kier molecular flexibility index (Phi) is 6.34. The number of benzene rings is 3. The number of carboxylic acid groups (broad SMARTS) is 1. The number of hydrogen-bond acceptors (Lipinski definition) is 5. The van der Waals surface area contributed by atoms with Crippen molar-refractivity contribution in [2.75, 3.05) is 18.5 Å². The normalized spacial score (nSPS) is 13.8. The summed E-state index contributed by atoms with van der Waals surface area (Å²) in [6.07, 6.45) is -0.659. The second-order valence-corrected chi connectivity index (χ2v) is 8.29. The fourth-order valence-corrected chi connectivity index (χ4v) is 3.92. The number of aliphatic carboxylic acids is 1. The van der Waals surface area contributed by atoms with Crippen molar-refractivity contribution >= 4 is 23.7 Å². The molecule has 1 unspecified atom stereocenters. The summed E-state index contributed by atoms with van der Waals surface area (Å²) in [5.41, 5.74) is 2.92. The number of aliphatic hydroxyl groups is 1. The van der Waals surface area contributed by atoms with Gasteiger partial charge in [0.05, 0.1) is 6.54 Å². The third-order valence-electron chi connectivity index (χ3n) is 5.77. The number of fused-ring (bicyclic) bond motifs is 3. The number of hydrogen-bond donors (Lipinski definition) is 4. The SMILES string of the molecule is CC(O)(CNC(=O)c1cccc(NC(=O)OCC2c3ccccc3-c3ccccc32)c1)C(=O)O. The van der Waals surface area contributed by atoms with Crippen LogP contribution >= 0.6 is 0 Å². The van der Waals surface area contributed by atoms with Crippen LogP contribution in [0.5, 0.6) is 0 Å². The second kappa shape index (κ2) is 9.36. The second-order valence-electron chi connectivity index (χ2n) is 8.29. The van der Waals surface area contributed by atoms with Gasteiger partial charge in [0, 0.05) is 17.2 Å². The molecule has 0 fully saturated rings. The van der Waals surface area contributed by atoms with Crippen LogP contribution in [-0.4, -0.2) is 46.9 Å². The van der Waals surface area contributed by atoms with Crippen molar-refractivity contribution in [1.29, 1.82) is 0 Å². The lowest BCUT2D eigenvalue weighted by atomic mass is 9.98. The van der Waals surface area contributed by atoms with Crippen molar-refractivity contribution in [2.45, 2.75) is 18.4 Å². The smallest absolute Gasteiger partial charge is 0.411 e. The average molecular weight is 460 g/mol. The number of nitrogens with one attached hydrogen (secondary N) is 2. The molecule has 34 heavy (non-hydrogen) atoms. The van der Waals surface area contributed by atoms with E-state index in [4.69, 9.17) is 9.84 Å². The van der Waals surface area contributed by atoms with E-state index in [0.717, 1.165) is 29.2 Å². The number of ether oxygens (including phenoxy) is 1. The van der Waals surface area contributed by atoms with Crippen molar-refractivity contribution in [3.63, 3.8) is 0 Å². The molecule has 8 heteroatoms. The molecular formula is C26H24N2O6. The molecule has 0 aromatic heterocycles. The quantitative estimate of drug-likeness (QED) is 0.427. The van der Waals surface area contributed by atoms with Gasteiger partial charge < -0.3 is 20.3 Å². The minimum absolute atomic E-state index is 0.0720. The lowest BCUT2D eigenvalue weighted by Gasteiger charge is -2.18. The van der Waals surface area contributed by atoms with Gasteiger partial charge in [0.2, 0.25) is 0 Å². The van der Waals surface area contributed by atoms with Crippen molar-refractivity contribution in [1.82, 2.24) is 5.32 Å². The maximum absolute atomic E-state index is 12.5. The summed E-state index contributed by atoms with van der Waals surface area (Å²) in [5, 5.41) is 23.7. The molecule has 0 spiro atoms. The van der Waals surface area contributed by atoms with Gasteiger partial charge >= 0.3 is 12.1 Å². The van der Waals surface area contributed by atoms with Gasteiger partial charge in [-0.2, -0.15) is 0 Å². The first-order valence-corrected chi connectivity index (χ1v) is 10.7. The van der Waals surface area contributed by atoms with E-state index in [1.165, 1.54) is 12.1 Å². The van der Waals surface area contributed by atoms with Gasteiger partial charge in [-0.25, -0.2) is 9.59 Å². The number of carboxylic acids is 1. The lowest BCUT2D eigenvalue weighted by molar-refractivity contribution is -0.155. The van der Waals surface area contributed by atoms with Crippen molar-refractivity contribution in [2.24, 2.45) is 0 Å². The number of carbonyl (C=O) groups excluding carboxylic acids is 2. The summed E-state index contributed by atoms with van der Waals surface area (Å²) in [6.45, 7) is 0.778. The van der Waals surface area contributed by atoms with Crippen LogP contribution in [-0.2, 0) is 9.53 Å². The Bertz CT molecular complexity index is 1210. The highest BCUT2D eigenvalue weighted by Gasteiger charge is 2.31. The van der Waals surface area contributed by atoms with Crippen LogP contribution in [0.25, 0.3) is 11.1 Å². The maximum atomic E-state index is 12.5. The van der Waals surface area contributed by atoms with Crippen molar-refractivity contribution in [3.8, 4) is 11.1 Å². The van der Waals surface area contributed by atoms with E-state index in [1.807, 2.05) is 36.4 Å². The number of anilines is 1. The Balaban J connectivity index is 1.38. The third kappa shape index (κ3) is 4.77. The van der Waals surface area contributed by atoms with Crippen LogP contribution < -0.4 is 10.6 Å². The van der Waals surface area contributed by atoms with Gasteiger partial charge in [-0.1, -0.05) is 54.6 Å². The fraction of sp³-hybridized carbons (Fsp3) is 0.192. The summed E-state index contributed by atoms with van der Waals surface area (Å²) in [4.78, 5) is 35.8. The van der Waals surface area contributed by atoms with Crippen molar-refractivity contribution in [3.05, 3.63) is 89.5 Å². The summed E-state index contributed by atoms with van der Waals surface area (Å²) >= 11 is 0. The topological polar surface area (TPSA) is 125 Å². The molecule has 0 bridgehead atoms. The first kappa shape index (κ1) is 23.0. The zero-order chi connectivity index (χ0) is 24.3. The third-order valence-corrected chi connectivity index (χ3v) is 5.77. The van der Waals surface area contributed by atoms with E-state index in [9.17, 15) is 19.5 Å². The van der Waals surface area contributed by atoms with Gasteiger partial charge in [-0.05, 0) is 47.4 Å². The van der Waals surface area contributed by atoms with Crippen LogP contribution in [0.2, 0.25) is 0 Å². The lowest BCUT2D eigenvalue weighted by Crippen LogP contribution is -2.46. The molecular weight excluding hydrogens is 436 g/mol. The van der Waals surface area contributed by atoms with E-state index in [0.29, 0.717) is 5.69 Å². The molecule has 174 valence electrons. The summed E-state index contributed by atoms with van der Waals surface area (Å²) in [5.74, 6) is -2.10. The van der Waals surface area contributed by atoms with Gasteiger partial charge in [0.25, 0.3) is 5.91 Å². The highest BCUT2D eigenvalue weighted by molar-refractivity contribution is 5.96. The molecule has 1 atom stereocenters. The first-order chi connectivity index (χ1) is 16.3. The van der Waals surface area contributed by atoms with Gasteiger partial charge in [-0.3, -0.25) is 10.1 Å². The Morgan fingerprint density at radius 1 is 0.941 bits per heavy atom. The van der Waals surface area contributed by atoms with Gasteiger partial charge in [0.15, 0.2) is 5.60 Å². The predicted molar refractivity (Wildman–Crippen MR) is 126 cm³/mol. The number of rotatable bonds is 7. The highest BCUT2D eigenvalue weighted by atomic mass is 16.5. The van der Waals surface area contributed by atoms with E-state index in [2.05, 4.69) is 22.8 Å². The zero-order valence-corrected chi connectivity index (χ0v) is 18.4. The molecule has 0 saturated carbocycles. The van der Waals surface area contributed by atoms with Crippen LogP contribution in [0.3, 0.4) is 0 Å². The molecule has 2 amide bonds. The number of carbonyl (C=O) groups is 3. The summed E-state index contributed by atoms with van der Waals surface area (Å²) in [6, 6.07) is 22.2.